The molecule has 0 bridgehead atoms. The van der Waals surface area contributed by atoms with Crippen molar-refractivity contribution in [2.75, 3.05) is 13.7 Å². The van der Waals surface area contributed by atoms with Gasteiger partial charge in [-0.25, -0.2) is 4.68 Å². The minimum Gasteiger partial charge on any atom is -0.481 e. The van der Waals surface area contributed by atoms with Crippen LogP contribution in [0.15, 0.2) is 10.6 Å². The van der Waals surface area contributed by atoms with Crippen LogP contribution in [0.3, 0.4) is 0 Å². The van der Waals surface area contributed by atoms with Gasteiger partial charge in [0.25, 0.3) is 5.91 Å². The maximum absolute atomic E-state index is 12.9. The summed E-state index contributed by atoms with van der Waals surface area (Å²) < 4.78 is 12.6. The predicted octanol–water partition coefficient (Wildman–Crippen LogP) is 2.58. The highest BCUT2D eigenvalue weighted by atomic mass is 16.5. The number of hydrogen-bond donors (Lipinski definition) is 0. The van der Waals surface area contributed by atoms with E-state index in [2.05, 4.69) is 10.3 Å². The van der Waals surface area contributed by atoms with Gasteiger partial charge in [-0.3, -0.25) is 4.79 Å². The lowest BCUT2D eigenvalue weighted by Crippen LogP contribution is -2.31. The average molecular weight is 330 g/mol. The summed E-state index contributed by atoms with van der Waals surface area (Å²) in [5, 5.41) is 8.45. The van der Waals surface area contributed by atoms with E-state index in [0.29, 0.717) is 18.2 Å². The second-order valence-corrected chi connectivity index (χ2v) is 6.68. The smallest absolute Gasteiger partial charge is 0.276 e. The van der Waals surface area contributed by atoms with Gasteiger partial charge in [-0.1, -0.05) is 5.16 Å². The van der Waals surface area contributed by atoms with Crippen molar-refractivity contribution in [2.45, 2.75) is 44.6 Å². The molecule has 2 fully saturated rings. The fourth-order valence-corrected chi connectivity index (χ4v) is 3.69. The molecule has 7 heteroatoms. The maximum Gasteiger partial charge on any atom is 0.276 e. The molecule has 3 heterocycles. The van der Waals surface area contributed by atoms with Gasteiger partial charge in [0, 0.05) is 25.6 Å². The molecule has 1 saturated heterocycles. The van der Waals surface area contributed by atoms with Crippen LogP contribution in [0.1, 0.15) is 65.1 Å². The van der Waals surface area contributed by atoms with Crippen LogP contribution in [0.5, 0.6) is 5.88 Å². The van der Waals surface area contributed by atoms with Crippen LogP contribution in [0.4, 0.5) is 0 Å². The van der Waals surface area contributed by atoms with Crippen LogP contribution in [0.25, 0.3) is 0 Å². The van der Waals surface area contributed by atoms with Crippen molar-refractivity contribution >= 4 is 5.91 Å². The van der Waals surface area contributed by atoms with Crippen LogP contribution in [0, 0.1) is 6.92 Å². The second kappa shape index (κ2) is 5.65. The third-order valence-corrected chi connectivity index (χ3v) is 4.98. The number of rotatable bonds is 4. The Kier molecular flexibility index (Phi) is 3.58. The summed E-state index contributed by atoms with van der Waals surface area (Å²) in [6.45, 7) is 2.67. The van der Waals surface area contributed by atoms with Crippen molar-refractivity contribution < 1.29 is 14.1 Å². The van der Waals surface area contributed by atoms with Crippen molar-refractivity contribution in [2.24, 2.45) is 7.05 Å². The summed E-state index contributed by atoms with van der Waals surface area (Å²) in [6.07, 6.45) is 4.12. The summed E-state index contributed by atoms with van der Waals surface area (Å²) in [4.78, 5) is 14.8. The first-order valence-electron chi connectivity index (χ1n) is 8.45. The van der Waals surface area contributed by atoms with Crippen LogP contribution >= 0.6 is 0 Å². The van der Waals surface area contributed by atoms with Gasteiger partial charge in [0.2, 0.25) is 5.88 Å². The van der Waals surface area contributed by atoms with E-state index >= 15 is 0 Å². The molecule has 0 radical (unpaired) electrons. The Morgan fingerprint density at radius 3 is 2.88 bits per heavy atom. The molecule has 128 valence electrons. The van der Waals surface area contributed by atoms with Crippen LogP contribution < -0.4 is 4.74 Å². The Morgan fingerprint density at radius 2 is 2.17 bits per heavy atom. The molecule has 0 unspecified atom stereocenters. The van der Waals surface area contributed by atoms with Crippen LogP contribution in [-0.4, -0.2) is 39.4 Å². The van der Waals surface area contributed by atoms with E-state index in [0.717, 1.165) is 48.6 Å². The summed E-state index contributed by atoms with van der Waals surface area (Å²) in [5.74, 6) is 1.94. The van der Waals surface area contributed by atoms with Gasteiger partial charge in [0.15, 0.2) is 5.69 Å². The molecule has 7 nitrogen and oxygen atoms in total. The highest BCUT2D eigenvalue weighted by Crippen LogP contribution is 2.42. The minimum absolute atomic E-state index is 0.0257. The number of hydrogen-bond acceptors (Lipinski definition) is 5. The molecule has 1 atom stereocenters. The van der Waals surface area contributed by atoms with E-state index in [1.807, 2.05) is 24.9 Å². The maximum atomic E-state index is 12.9. The third-order valence-electron chi connectivity index (χ3n) is 4.98. The number of ether oxygens (including phenoxy) is 1. The Morgan fingerprint density at radius 1 is 1.38 bits per heavy atom. The molecule has 2 aromatic heterocycles. The number of aryl methyl sites for hydroxylation is 2. The quantitative estimate of drug-likeness (QED) is 0.861. The fraction of sp³-hybridized carbons (Fsp3) is 0.588. The third kappa shape index (κ3) is 2.39. The Bertz CT molecular complexity index is 775. The monoisotopic (exact) mass is 330 g/mol. The van der Waals surface area contributed by atoms with Gasteiger partial charge in [0.1, 0.15) is 5.76 Å². The van der Waals surface area contributed by atoms with E-state index in [1.165, 1.54) is 0 Å². The highest BCUT2D eigenvalue weighted by molar-refractivity contribution is 5.92. The summed E-state index contributed by atoms with van der Waals surface area (Å²) in [7, 11) is 3.50. The number of carbonyl (C=O) groups is 1. The Labute approximate surface area is 140 Å². The predicted molar refractivity (Wildman–Crippen MR) is 86.0 cm³/mol. The molecular formula is C17H22N4O3. The van der Waals surface area contributed by atoms with E-state index in [9.17, 15) is 4.79 Å². The van der Waals surface area contributed by atoms with Crippen molar-refractivity contribution in [1.29, 1.82) is 0 Å². The van der Waals surface area contributed by atoms with Crippen molar-refractivity contribution in [3.8, 4) is 5.88 Å². The number of likely N-dealkylation sites (tertiary alicyclic amines) is 1. The number of aromatic nitrogens is 3. The molecule has 1 aliphatic carbocycles. The van der Waals surface area contributed by atoms with Gasteiger partial charge >= 0.3 is 0 Å². The lowest BCUT2D eigenvalue weighted by atomic mass is 10.0. The number of nitrogens with zero attached hydrogens (tertiary/aromatic N) is 4. The molecule has 0 spiro atoms. The summed E-state index contributed by atoms with van der Waals surface area (Å²) in [5.41, 5.74) is 2.30. The molecule has 1 saturated carbocycles. The molecule has 4 rings (SSSR count). The zero-order chi connectivity index (χ0) is 16.8. The van der Waals surface area contributed by atoms with Gasteiger partial charge in [-0.2, -0.15) is 5.10 Å². The summed E-state index contributed by atoms with van der Waals surface area (Å²) >= 11 is 0. The Hall–Kier alpha value is -2.31. The average Bonchev–Trinajstić information content (AvgIpc) is 3.00. The van der Waals surface area contributed by atoms with Gasteiger partial charge in [-0.15, -0.1) is 0 Å². The molecule has 1 aliphatic heterocycles. The Balaban J connectivity index is 1.63. The minimum atomic E-state index is -0.0709. The molecule has 0 aromatic carbocycles. The zero-order valence-electron chi connectivity index (χ0n) is 14.3. The van der Waals surface area contributed by atoms with Gasteiger partial charge in [-0.05, 0) is 32.6 Å². The first-order valence-corrected chi connectivity index (χ1v) is 8.45. The SMILES string of the molecule is COc1c([C@H]2CCCN2C(=O)c2cc(C3CC3)on2)c(C)nn1C. The fourth-order valence-electron chi connectivity index (χ4n) is 3.69. The van der Waals surface area contributed by atoms with Crippen molar-refractivity contribution in [3.05, 3.63) is 28.8 Å². The topological polar surface area (TPSA) is 73.4 Å². The van der Waals surface area contributed by atoms with Crippen LogP contribution in [0.2, 0.25) is 0 Å². The molecule has 0 N–H and O–H groups in total. The first-order chi connectivity index (χ1) is 11.6. The molecule has 2 aliphatic rings. The van der Waals surface area contributed by atoms with Crippen molar-refractivity contribution in [3.63, 3.8) is 0 Å². The number of amides is 1. The zero-order valence-corrected chi connectivity index (χ0v) is 14.3. The van der Waals surface area contributed by atoms with E-state index < -0.39 is 0 Å². The van der Waals surface area contributed by atoms with Gasteiger partial charge in [0.05, 0.1) is 24.4 Å². The van der Waals surface area contributed by atoms with E-state index in [-0.39, 0.29) is 11.9 Å². The lowest BCUT2D eigenvalue weighted by Gasteiger charge is -2.24. The highest BCUT2D eigenvalue weighted by Gasteiger charge is 2.37. The van der Waals surface area contributed by atoms with Crippen LogP contribution in [-0.2, 0) is 7.05 Å². The molecule has 24 heavy (non-hydrogen) atoms. The number of carbonyl (C=O) groups excluding carboxylic acids is 1. The normalized spacial score (nSPS) is 20.6. The first kappa shape index (κ1) is 15.2. The second-order valence-electron chi connectivity index (χ2n) is 6.68. The van der Waals surface area contributed by atoms with E-state index in [1.54, 1.807) is 11.8 Å². The standard InChI is InChI=1S/C17H22N4O3/c1-10-15(17(23-3)20(2)18-10)13-5-4-8-21(13)16(22)12-9-14(24-19-12)11-6-7-11/h9,11,13H,4-8H2,1-3H3/t13-/m1/s1. The largest absolute Gasteiger partial charge is 0.481 e. The molecular weight excluding hydrogens is 308 g/mol. The lowest BCUT2D eigenvalue weighted by molar-refractivity contribution is 0.0723. The van der Waals surface area contributed by atoms with Gasteiger partial charge < -0.3 is 14.2 Å². The molecule has 2 aromatic rings. The number of methoxy groups -OCH3 is 1. The van der Waals surface area contributed by atoms with E-state index in [4.69, 9.17) is 9.26 Å². The molecule has 1 amide bonds. The summed E-state index contributed by atoms with van der Waals surface area (Å²) in [6, 6.07) is 1.78. The van der Waals surface area contributed by atoms with Crippen molar-refractivity contribution in [1.82, 2.24) is 19.8 Å².